The van der Waals surface area contributed by atoms with Crippen LogP contribution in [0, 0.1) is 0 Å². The van der Waals surface area contributed by atoms with Gasteiger partial charge in [0.05, 0.1) is 7.11 Å². The van der Waals surface area contributed by atoms with Crippen molar-refractivity contribution in [3.63, 3.8) is 0 Å². The van der Waals surface area contributed by atoms with Crippen molar-refractivity contribution >= 4 is 11.6 Å². The molecule has 66 valence electrons. The quantitative estimate of drug-likeness (QED) is 0.571. The first-order valence-electron chi connectivity index (χ1n) is 3.56. The van der Waals surface area contributed by atoms with Crippen molar-refractivity contribution in [3.8, 4) is 0 Å². The second-order valence-corrected chi connectivity index (χ2v) is 2.31. The van der Waals surface area contributed by atoms with E-state index in [-0.39, 0.29) is 5.82 Å². The van der Waals surface area contributed by atoms with Gasteiger partial charge in [-0.3, -0.25) is 0 Å². The van der Waals surface area contributed by atoms with E-state index in [1.165, 1.54) is 18.0 Å². The summed E-state index contributed by atoms with van der Waals surface area (Å²) in [6.07, 6.45) is 3.04. The minimum Gasteiger partial charge on any atom is -0.463 e. The number of rotatable bonds is 1. The molecule has 0 aliphatic heterocycles. The topological polar surface area (TPSA) is 69.4 Å². The molecule has 0 saturated heterocycles. The highest BCUT2D eigenvalue weighted by atomic mass is 16.5. The summed E-state index contributed by atoms with van der Waals surface area (Å²) in [5.74, 6) is -0.515. The van der Waals surface area contributed by atoms with Crippen LogP contribution in [0.15, 0.2) is 18.6 Å². The van der Waals surface area contributed by atoms with E-state index in [0.717, 1.165) is 0 Å². The van der Waals surface area contributed by atoms with Crippen LogP contribution in [-0.4, -0.2) is 32.7 Å². The van der Waals surface area contributed by atoms with Crippen LogP contribution in [0.5, 0.6) is 0 Å². The molecular weight excluding hydrogens is 172 g/mol. The second kappa shape index (κ2) is 2.81. The minimum atomic E-state index is -0.552. The van der Waals surface area contributed by atoms with E-state index in [0.29, 0.717) is 5.65 Å². The summed E-state index contributed by atoms with van der Waals surface area (Å²) in [5.41, 5.74) is 0.565. The van der Waals surface area contributed by atoms with Crippen LogP contribution in [-0.2, 0) is 4.74 Å². The van der Waals surface area contributed by atoms with Crippen LogP contribution in [0.1, 0.15) is 10.6 Å². The van der Waals surface area contributed by atoms with Gasteiger partial charge in [-0.05, 0) is 0 Å². The van der Waals surface area contributed by atoms with E-state index in [2.05, 4.69) is 19.8 Å². The minimum absolute atomic E-state index is 0.0375. The average Bonchev–Trinajstić information content (AvgIpc) is 2.59. The van der Waals surface area contributed by atoms with Crippen LogP contribution in [0.2, 0.25) is 0 Å². The number of esters is 1. The Morgan fingerprint density at radius 3 is 3.15 bits per heavy atom. The zero-order chi connectivity index (χ0) is 9.26. The molecule has 0 spiro atoms. The number of carbonyl (C=O) groups excluding carboxylic acids is 1. The highest BCUT2D eigenvalue weighted by molar-refractivity contribution is 5.85. The fourth-order valence-electron chi connectivity index (χ4n) is 0.923. The Bertz CT molecular complexity index is 417. The zero-order valence-electron chi connectivity index (χ0n) is 6.84. The van der Waals surface area contributed by atoms with E-state index < -0.39 is 5.97 Å². The van der Waals surface area contributed by atoms with Crippen LogP contribution in [0.4, 0.5) is 0 Å². The highest BCUT2D eigenvalue weighted by Crippen LogP contribution is 1.99. The summed E-state index contributed by atoms with van der Waals surface area (Å²) in [6.45, 7) is 0. The molecule has 6 nitrogen and oxygen atoms in total. The molecule has 2 heterocycles. The summed E-state index contributed by atoms with van der Waals surface area (Å²) in [4.78, 5) is 18.7. The zero-order valence-corrected chi connectivity index (χ0v) is 6.84. The van der Waals surface area contributed by atoms with Crippen LogP contribution in [0.25, 0.3) is 5.65 Å². The number of hydrogen-bond donors (Lipinski definition) is 0. The Kier molecular flexibility index (Phi) is 1.66. The van der Waals surface area contributed by atoms with E-state index in [1.807, 2.05) is 0 Å². The maximum atomic E-state index is 11.0. The molecule has 0 aromatic carbocycles. The van der Waals surface area contributed by atoms with Gasteiger partial charge in [0.25, 0.3) is 5.82 Å². The van der Waals surface area contributed by atoms with Crippen molar-refractivity contribution in [3.05, 3.63) is 24.4 Å². The van der Waals surface area contributed by atoms with E-state index in [1.54, 1.807) is 12.3 Å². The Morgan fingerprint density at radius 2 is 2.46 bits per heavy atom. The molecule has 0 saturated carbocycles. The molecule has 6 heteroatoms. The van der Waals surface area contributed by atoms with Crippen molar-refractivity contribution in [1.82, 2.24) is 19.6 Å². The lowest BCUT2D eigenvalue weighted by Gasteiger charge is -1.88. The molecule has 2 aromatic heterocycles. The molecule has 0 bridgehead atoms. The molecule has 0 aliphatic rings. The number of methoxy groups -OCH3 is 1. The van der Waals surface area contributed by atoms with Gasteiger partial charge in [-0.2, -0.15) is 0 Å². The Balaban J connectivity index is 2.56. The molecular formula is C7H6N4O2. The van der Waals surface area contributed by atoms with Crippen molar-refractivity contribution in [2.45, 2.75) is 0 Å². The van der Waals surface area contributed by atoms with Crippen LogP contribution < -0.4 is 0 Å². The summed E-state index contributed by atoms with van der Waals surface area (Å²) in [5, 5.41) is 3.85. The van der Waals surface area contributed by atoms with Gasteiger partial charge in [0, 0.05) is 12.3 Å². The molecule has 2 aromatic rings. The third kappa shape index (κ3) is 1.22. The van der Waals surface area contributed by atoms with Gasteiger partial charge >= 0.3 is 5.97 Å². The molecule has 0 radical (unpaired) electrons. The standard InChI is InChI=1S/C7H6N4O2/c1-13-7(12)6-9-5-2-3-8-4-11(5)10-6/h2-4H,1H3. The predicted octanol–water partition coefficient (Wildman–Crippen LogP) is -0.0891. The van der Waals surface area contributed by atoms with Gasteiger partial charge in [-0.25, -0.2) is 19.3 Å². The Hall–Kier alpha value is -1.98. The van der Waals surface area contributed by atoms with Crippen LogP contribution >= 0.6 is 0 Å². The first-order valence-corrected chi connectivity index (χ1v) is 3.56. The van der Waals surface area contributed by atoms with Gasteiger partial charge in [0.1, 0.15) is 6.33 Å². The van der Waals surface area contributed by atoms with Gasteiger partial charge in [-0.1, -0.05) is 0 Å². The van der Waals surface area contributed by atoms with Gasteiger partial charge in [-0.15, -0.1) is 5.10 Å². The number of fused-ring (bicyclic) bond motifs is 1. The molecule has 0 aliphatic carbocycles. The summed E-state index contributed by atoms with van der Waals surface area (Å²) in [6, 6.07) is 1.65. The summed E-state index contributed by atoms with van der Waals surface area (Å²) < 4.78 is 5.88. The normalized spacial score (nSPS) is 10.2. The lowest BCUT2D eigenvalue weighted by molar-refractivity contribution is 0.0587. The fourth-order valence-corrected chi connectivity index (χ4v) is 0.923. The Morgan fingerprint density at radius 1 is 1.62 bits per heavy atom. The maximum Gasteiger partial charge on any atom is 0.377 e. The molecule has 0 unspecified atom stereocenters. The number of aromatic nitrogens is 4. The van der Waals surface area contributed by atoms with E-state index >= 15 is 0 Å². The summed E-state index contributed by atoms with van der Waals surface area (Å²) >= 11 is 0. The number of carbonyl (C=O) groups is 1. The molecule has 0 fully saturated rings. The van der Waals surface area contributed by atoms with Crippen molar-refractivity contribution in [1.29, 1.82) is 0 Å². The first-order chi connectivity index (χ1) is 6.31. The molecule has 13 heavy (non-hydrogen) atoms. The van der Waals surface area contributed by atoms with Crippen molar-refractivity contribution in [2.24, 2.45) is 0 Å². The molecule has 2 rings (SSSR count). The lowest BCUT2D eigenvalue weighted by Crippen LogP contribution is -2.03. The third-order valence-electron chi connectivity index (χ3n) is 1.51. The monoisotopic (exact) mass is 178 g/mol. The van der Waals surface area contributed by atoms with E-state index in [9.17, 15) is 4.79 Å². The fraction of sp³-hybridized carbons (Fsp3) is 0.143. The Labute approximate surface area is 73.2 Å². The molecule has 0 N–H and O–H groups in total. The highest BCUT2D eigenvalue weighted by Gasteiger charge is 2.11. The number of hydrogen-bond acceptors (Lipinski definition) is 5. The summed E-state index contributed by atoms with van der Waals surface area (Å²) in [7, 11) is 1.28. The van der Waals surface area contributed by atoms with Gasteiger partial charge in [0.15, 0.2) is 5.65 Å². The molecule has 0 atom stereocenters. The van der Waals surface area contributed by atoms with Gasteiger partial charge in [0.2, 0.25) is 0 Å². The number of ether oxygens (including phenoxy) is 1. The molecule has 0 amide bonds. The average molecular weight is 178 g/mol. The smallest absolute Gasteiger partial charge is 0.377 e. The largest absolute Gasteiger partial charge is 0.463 e. The SMILES string of the molecule is COC(=O)c1nc2ccncn2n1. The number of nitrogens with zero attached hydrogens (tertiary/aromatic N) is 4. The predicted molar refractivity (Wildman–Crippen MR) is 42.1 cm³/mol. The van der Waals surface area contributed by atoms with Gasteiger partial charge < -0.3 is 4.74 Å². The van der Waals surface area contributed by atoms with Crippen molar-refractivity contribution in [2.75, 3.05) is 7.11 Å². The first kappa shape index (κ1) is 7.66. The third-order valence-corrected chi connectivity index (χ3v) is 1.51. The van der Waals surface area contributed by atoms with Crippen LogP contribution in [0.3, 0.4) is 0 Å². The maximum absolute atomic E-state index is 11.0. The lowest BCUT2D eigenvalue weighted by atomic mass is 10.6. The van der Waals surface area contributed by atoms with Crippen molar-refractivity contribution < 1.29 is 9.53 Å². The van der Waals surface area contributed by atoms with E-state index in [4.69, 9.17) is 0 Å². The second-order valence-electron chi connectivity index (χ2n) is 2.31.